The first kappa shape index (κ1) is 14.3. The minimum absolute atomic E-state index is 0.0326. The predicted molar refractivity (Wildman–Crippen MR) is 83.6 cm³/mol. The van der Waals surface area contributed by atoms with Crippen molar-refractivity contribution in [1.82, 2.24) is 4.90 Å². The number of nitrogens with zero attached hydrogens (tertiary/aromatic N) is 1. The lowest BCUT2D eigenvalue weighted by atomic mass is 10.0. The molecule has 2 aromatic rings. The summed E-state index contributed by atoms with van der Waals surface area (Å²) in [6, 6.07) is 14.6. The first-order valence-electron chi connectivity index (χ1n) is 6.98. The molecule has 0 saturated carbocycles. The molecular formula is C17H15BrFNO. The van der Waals surface area contributed by atoms with E-state index in [1.807, 2.05) is 30.3 Å². The number of rotatable bonds is 2. The predicted octanol–water partition coefficient (Wildman–Crippen LogP) is 4.57. The number of benzene rings is 2. The van der Waals surface area contributed by atoms with Crippen LogP contribution in [0, 0.1) is 5.82 Å². The normalized spacial score (nSPS) is 18.0. The van der Waals surface area contributed by atoms with Crippen LogP contribution >= 0.6 is 15.9 Å². The molecule has 1 fully saturated rings. The van der Waals surface area contributed by atoms with E-state index < -0.39 is 5.82 Å². The zero-order valence-corrected chi connectivity index (χ0v) is 13.0. The molecular weight excluding hydrogens is 333 g/mol. The molecule has 1 saturated heterocycles. The van der Waals surface area contributed by atoms with Crippen LogP contribution in [0.4, 0.5) is 4.39 Å². The number of likely N-dealkylation sites (tertiary alicyclic amines) is 1. The van der Waals surface area contributed by atoms with Gasteiger partial charge in [0.2, 0.25) is 0 Å². The minimum Gasteiger partial charge on any atom is -0.331 e. The van der Waals surface area contributed by atoms with Crippen molar-refractivity contribution >= 4 is 21.8 Å². The number of halogens is 2. The van der Waals surface area contributed by atoms with E-state index in [0.29, 0.717) is 11.0 Å². The van der Waals surface area contributed by atoms with Gasteiger partial charge in [-0.15, -0.1) is 0 Å². The smallest absolute Gasteiger partial charge is 0.258 e. The minimum atomic E-state index is -0.479. The van der Waals surface area contributed by atoms with Crippen LogP contribution in [0.3, 0.4) is 0 Å². The fourth-order valence-corrected chi connectivity index (χ4v) is 3.39. The molecule has 0 radical (unpaired) electrons. The molecule has 108 valence electrons. The zero-order chi connectivity index (χ0) is 14.8. The third-order valence-electron chi connectivity index (χ3n) is 3.87. The van der Waals surface area contributed by atoms with Gasteiger partial charge in [0.05, 0.1) is 11.6 Å². The number of amides is 1. The van der Waals surface area contributed by atoms with Crippen LogP contribution in [-0.2, 0) is 0 Å². The molecule has 1 heterocycles. The third-order valence-corrected chi connectivity index (χ3v) is 4.54. The lowest BCUT2D eigenvalue weighted by molar-refractivity contribution is 0.0730. The summed E-state index contributed by atoms with van der Waals surface area (Å²) in [5, 5.41) is 0. The van der Waals surface area contributed by atoms with Crippen molar-refractivity contribution in [3.8, 4) is 0 Å². The molecule has 1 aliphatic rings. The molecule has 1 atom stereocenters. The fourth-order valence-electron chi connectivity index (χ4n) is 2.88. The van der Waals surface area contributed by atoms with Crippen molar-refractivity contribution in [1.29, 1.82) is 0 Å². The summed E-state index contributed by atoms with van der Waals surface area (Å²) in [6.45, 7) is 0.666. The Bertz CT molecular complexity index is 639. The van der Waals surface area contributed by atoms with Crippen LogP contribution in [0.1, 0.15) is 34.8 Å². The lowest BCUT2D eigenvalue weighted by Crippen LogP contribution is -2.31. The maximum atomic E-state index is 14.0. The van der Waals surface area contributed by atoms with Crippen LogP contribution < -0.4 is 0 Å². The van der Waals surface area contributed by atoms with Gasteiger partial charge in [0.1, 0.15) is 5.82 Å². The molecule has 1 unspecified atom stereocenters. The van der Waals surface area contributed by atoms with Crippen molar-refractivity contribution in [2.24, 2.45) is 0 Å². The van der Waals surface area contributed by atoms with Gasteiger partial charge in [-0.1, -0.05) is 36.4 Å². The van der Waals surface area contributed by atoms with Crippen LogP contribution in [0.15, 0.2) is 53.0 Å². The van der Waals surface area contributed by atoms with E-state index in [1.165, 1.54) is 6.07 Å². The highest BCUT2D eigenvalue weighted by atomic mass is 79.9. The van der Waals surface area contributed by atoms with Crippen LogP contribution in [0.5, 0.6) is 0 Å². The first-order valence-corrected chi connectivity index (χ1v) is 7.77. The zero-order valence-electron chi connectivity index (χ0n) is 11.4. The van der Waals surface area contributed by atoms with Crippen LogP contribution in [0.2, 0.25) is 0 Å². The van der Waals surface area contributed by atoms with Gasteiger partial charge in [-0.05, 0) is 46.5 Å². The largest absolute Gasteiger partial charge is 0.331 e. The number of hydrogen-bond donors (Lipinski definition) is 0. The SMILES string of the molecule is O=C(c1c(F)cccc1Br)N1CCCC1c1ccccc1. The van der Waals surface area contributed by atoms with Gasteiger partial charge in [0, 0.05) is 11.0 Å². The average Bonchev–Trinajstić information content (AvgIpc) is 2.97. The second kappa shape index (κ2) is 5.98. The van der Waals surface area contributed by atoms with E-state index in [-0.39, 0.29) is 17.5 Å². The van der Waals surface area contributed by atoms with Gasteiger partial charge in [0.15, 0.2) is 0 Å². The highest BCUT2D eigenvalue weighted by molar-refractivity contribution is 9.10. The number of hydrogen-bond acceptors (Lipinski definition) is 1. The van der Waals surface area contributed by atoms with Crippen molar-refractivity contribution in [3.05, 3.63) is 69.9 Å². The lowest BCUT2D eigenvalue weighted by Gasteiger charge is -2.25. The van der Waals surface area contributed by atoms with Gasteiger partial charge in [-0.3, -0.25) is 4.79 Å². The van der Waals surface area contributed by atoms with Crippen molar-refractivity contribution in [2.45, 2.75) is 18.9 Å². The maximum Gasteiger partial charge on any atom is 0.258 e. The molecule has 0 N–H and O–H groups in total. The highest BCUT2D eigenvalue weighted by Crippen LogP contribution is 2.34. The van der Waals surface area contributed by atoms with Crippen molar-refractivity contribution < 1.29 is 9.18 Å². The Morgan fingerprint density at radius 1 is 1.14 bits per heavy atom. The molecule has 0 aromatic heterocycles. The molecule has 0 bridgehead atoms. The van der Waals surface area contributed by atoms with Gasteiger partial charge in [-0.25, -0.2) is 4.39 Å². The van der Waals surface area contributed by atoms with Crippen molar-refractivity contribution in [3.63, 3.8) is 0 Å². The maximum absolute atomic E-state index is 14.0. The number of carbonyl (C=O) groups excluding carboxylic acids is 1. The Morgan fingerprint density at radius 2 is 1.90 bits per heavy atom. The molecule has 0 aliphatic carbocycles. The summed E-state index contributed by atoms with van der Waals surface area (Å²) in [7, 11) is 0. The van der Waals surface area contributed by atoms with E-state index in [0.717, 1.165) is 18.4 Å². The summed E-state index contributed by atoms with van der Waals surface area (Å²) in [5.74, 6) is -0.723. The Balaban J connectivity index is 1.94. The summed E-state index contributed by atoms with van der Waals surface area (Å²) >= 11 is 3.28. The molecule has 1 amide bonds. The Kier molecular flexibility index (Phi) is 4.06. The topological polar surface area (TPSA) is 20.3 Å². The Morgan fingerprint density at radius 3 is 2.62 bits per heavy atom. The van der Waals surface area contributed by atoms with E-state index in [4.69, 9.17) is 0 Å². The quantitative estimate of drug-likeness (QED) is 0.779. The average molecular weight is 348 g/mol. The summed E-state index contributed by atoms with van der Waals surface area (Å²) in [5.41, 5.74) is 1.23. The molecule has 4 heteroatoms. The first-order chi connectivity index (χ1) is 10.2. The molecule has 2 nitrogen and oxygen atoms in total. The van der Waals surface area contributed by atoms with Gasteiger partial charge < -0.3 is 4.90 Å². The number of carbonyl (C=O) groups is 1. The van der Waals surface area contributed by atoms with E-state index >= 15 is 0 Å². The van der Waals surface area contributed by atoms with Gasteiger partial charge in [0.25, 0.3) is 5.91 Å². The summed E-state index contributed by atoms with van der Waals surface area (Å²) < 4.78 is 14.5. The van der Waals surface area contributed by atoms with Crippen LogP contribution in [0.25, 0.3) is 0 Å². The summed E-state index contributed by atoms with van der Waals surface area (Å²) in [6.07, 6.45) is 1.86. The second-order valence-electron chi connectivity index (χ2n) is 5.16. The molecule has 21 heavy (non-hydrogen) atoms. The molecule has 2 aromatic carbocycles. The van der Waals surface area contributed by atoms with Gasteiger partial charge in [-0.2, -0.15) is 0 Å². The second-order valence-corrected chi connectivity index (χ2v) is 6.02. The standard InChI is InChI=1S/C17H15BrFNO/c18-13-8-4-9-14(19)16(13)17(21)20-11-5-10-15(20)12-6-2-1-3-7-12/h1-4,6-9,15H,5,10-11H2. The van der Waals surface area contributed by atoms with E-state index in [2.05, 4.69) is 15.9 Å². The molecule has 0 spiro atoms. The van der Waals surface area contributed by atoms with E-state index in [1.54, 1.807) is 17.0 Å². The van der Waals surface area contributed by atoms with Gasteiger partial charge >= 0.3 is 0 Å². The highest BCUT2D eigenvalue weighted by Gasteiger charge is 2.32. The van der Waals surface area contributed by atoms with E-state index in [9.17, 15) is 9.18 Å². The van der Waals surface area contributed by atoms with Crippen molar-refractivity contribution in [2.75, 3.05) is 6.54 Å². The molecule has 3 rings (SSSR count). The molecule has 1 aliphatic heterocycles. The summed E-state index contributed by atoms with van der Waals surface area (Å²) in [4.78, 5) is 14.5. The Hall–Kier alpha value is -1.68. The fraction of sp³-hybridized carbons (Fsp3) is 0.235. The third kappa shape index (κ3) is 2.72. The van der Waals surface area contributed by atoms with Crippen LogP contribution in [-0.4, -0.2) is 17.4 Å². The Labute approximate surface area is 131 Å². The monoisotopic (exact) mass is 347 g/mol.